The van der Waals surface area contributed by atoms with E-state index in [9.17, 15) is 32.7 Å². The van der Waals surface area contributed by atoms with Crippen molar-refractivity contribution in [3.63, 3.8) is 0 Å². The molecule has 0 aliphatic carbocycles. The Balaban J connectivity index is 1.88. The van der Waals surface area contributed by atoms with Gasteiger partial charge in [0.2, 0.25) is 5.43 Å². The predicted octanol–water partition coefficient (Wildman–Crippen LogP) is 3.99. The third kappa shape index (κ3) is 4.26. The molecule has 0 saturated heterocycles. The van der Waals surface area contributed by atoms with Crippen LogP contribution in [0.5, 0.6) is 11.7 Å². The van der Waals surface area contributed by atoms with Crippen molar-refractivity contribution in [1.82, 2.24) is 0 Å². The van der Waals surface area contributed by atoms with Crippen molar-refractivity contribution in [3.8, 4) is 11.7 Å². The minimum absolute atomic E-state index is 0.0711. The van der Waals surface area contributed by atoms with E-state index in [1.165, 1.54) is 30.3 Å². The first kappa shape index (κ1) is 26.7. The lowest BCUT2D eigenvalue weighted by molar-refractivity contribution is -0.277. The number of carbonyl (C=O) groups is 2. The molecule has 1 N–H and O–H groups in total. The number of methoxy groups -OCH3 is 2. The molecule has 1 aliphatic rings. The van der Waals surface area contributed by atoms with Crippen molar-refractivity contribution >= 4 is 22.9 Å². The largest absolute Gasteiger partial charge is 0.507 e. The summed E-state index contributed by atoms with van der Waals surface area (Å²) < 4.78 is 68.8. The average molecular weight is 534 g/mol. The van der Waals surface area contributed by atoms with Crippen LogP contribution in [-0.2, 0) is 29.4 Å². The molecule has 9 nitrogen and oxygen atoms in total. The Hall–Kier alpha value is -4.32. The minimum Gasteiger partial charge on any atom is -0.507 e. The van der Waals surface area contributed by atoms with Crippen LogP contribution < -0.4 is 10.2 Å². The molecule has 0 radical (unpaired) electrons. The molecule has 3 aromatic rings. The van der Waals surface area contributed by atoms with Crippen LogP contribution in [0.2, 0.25) is 0 Å². The van der Waals surface area contributed by atoms with Crippen LogP contribution >= 0.6 is 0 Å². The molecule has 0 amide bonds. The van der Waals surface area contributed by atoms with Gasteiger partial charge in [-0.2, -0.15) is 13.2 Å². The quantitative estimate of drug-likeness (QED) is 0.485. The molecule has 0 saturated carbocycles. The number of phenols is 1. The Labute approximate surface area is 213 Å². The van der Waals surface area contributed by atoms with Crippen molar-refractivity contribution < 1.29 is 51.2 Å². The number of carbonyl (C=O) groups excluding carboxylic acids is 2. The van der Waals surface area contributed by atoms with E-state index in [1.807, 2.05) is 0 Å². The van der Waals surface area contributed by atoms with Crippen LogP contribution in [0.1, 0.15) is 22.6 Å². The highest BCUT2D eigenvalue weighted by molar-refractivity contribution is 5.89. The van der Waals surface area contributed by atoms with E-state index in [4.69, 9.17) is 23.4 Å². The number of phenolic OH excluding ortho intramolecular Hbond substituents is 1. The molecule has 3 atom stereocenters. The van der Waals surface area contributed by atoms with Crippen LogP contribution in [0, 0.1) is 6.92 Å². The molecule has 0 fully saturated rings. The maximum absolute atomic E-state index is 14.4. The number of aromatic hydroxyl groups is 1. The van der Waals surface area contributed by atoms with Crippen LogP contribution in [0.15, 0.2) is 64.0 Å². The van der Waals surface area contributed by atoms with Crippen molar-refractivity contribution in [2.24, 2.45) is 0 Å². The van der Waals surface area contributed by atoms with Crippen LogP contribution in [0.25, 0.3) is 11.0 Å². The number of hydrogen-bond donors (Lipinski definition) is 1. The normalized spacial score (nSPS) is 18.6. The third-order valence-electron chi connectivity index (χ3n) is 6.07. The van der Waals surface area contributed by atoms with Gasteiger partial charge in [0.15, 0.2) is 0 Å². The smallest absolute Gasteiger partial charge is 0.432 e. The molecule has 2 heterocycles. The minimum atomic E-state index is -5.29. The van der Waals surface area contributed by atoms with E-state index >= 15 is 0 Å². The number of benzene rings is 2. The first-order valence-corrected chi connectivity index (χ1v) is 11.1. The Morgan fingerprint density at radius 1 is 1.08 bits per heavy atom. The molecular weight excluding hydrogens is 513 g/mol. The van der Waals surface area contributed by atoms with Crippen LogP contribution in [0.4, 0.5) is 13.2 Å². The molecular formula is C26H21F3O9. The van der Waals surface area contributed by atoms with Gasteiger partial charge in [-0.05, 0) is 30.7 Å². The number of esters is 2. The Bertz CT molecular complexity index is 1480. The lowest BCUT2D eigenvalue weighted by atomic mass is 9.90. The summed E-state index contributed by atoms with van der Waals surface area (Å²) in [5, 5.41) is 10.1. The van der Waals surface area contributed by atoms with Gasteiger partial charge in [0, 0.05) is 12.7 Å². The monoisotopic (exact) mass is 534 g/mol. The van der Waals surface area contributed by atoms with E-state index in [1.54, 1.807) is 6.92 Å². The van der Waals surface area contributed by atoms with E-state index in [0.717, 1.165) is 31.6 Å². The summed E-state index contributed by atoms with van der Waals surface area (Å²) in [5.41, 5.74) is -5.13. The highest BCUT2D eigenvalue weighted by Crippen LogP contribution is 2.44. The fourth-order valence-electron chi connectivity index (χ4n) is 4.32. The van der Waals surface area contributed by atoms with Crippen molar-refractivity contribution in [2.45, 2.75) is 30.7 Å². The summed E-state index contributed by atoms with van der Waals surface area (Å²) in [4.78, 5) is 39.6. The number of alkyl halides is 3. The van der Waals surface area contributed by atoms with E-state index in [2.05, 4.69) is 0 Å². The SMILES string of the molecule is COC(=O)[C@@H]1c2c(oc3cc(C)cc(O)c3c2=O)OC=C[C@@H]1OC(=O)[C@](OC)(c1ccccc1)C(F)(F)F. The second-order valence-corrected chi connectivity index (χ2v) is 8.36. The summed E-state index contributed by atoms with van der Waals surface area (Å²) in [6.07, 6.45) is -5.26. The van der Waals surface area contributed by atoms with Crippen molar-refractivity contribution in [1.29, 1.82) is 0 Å². The van der Waals surface area contributed by atoms with Gasteiger partial charge in [-0.15, -0.1) is 0 Å². The topological polar surface area (TPSA) is 122 Å². The van der Waals surface area contributed by atoms with Crippen molar-refractivity contribution in [3.05, 3.63) is 81.7 Å². The van der Waals surface area contributed by atoms with Crippen LogP contribution in [-0.4, -0.2) is 43.5 Å². The second-order valence-electron chi connectivity index (χ2n) is 8.36. The highest BCUT2D eigenvalue weighted by Gasteiger charge is 2.64. The lowest BCUT2D eigenvalue weighted by Crippen LogP contribution is -2.53. The van der Waals surface area contributed by atoms with Crippen LogP contribution in [0.3, 0.4) is 0 Å². The van der Waals surface area contributed by atoms with Gasteiger partial charge in [-0.25, -0.2) is 4.79 Å². The predicted molar refractivity (Wildman–Crippen MR) is 124 cm³/mol. The Kier molecular flexibility index (Phi) is 6.94. The Morgan fingerprint density at radius 2 is 1.76 bits per heavy atom. The zero-order valence-corrected chi connectivity index (χ0v) is 20.2. The molecule has 12 heteroatoms. The molecule has 0 unspecified atom stereocenters. The molecule has 38 heavy (non-hydrogen) atoms. The molecule has 2 aromatic carbocycles. The third-order valence-corrected chi connectivity index (χ3v) is 6.07. The first-order chi connectivity index (χ1) is 18.0. The standard InChI is InChI=1S/C26H21F3O9/c1-13-11-15(30)18-17(12-13)37-23-20(21(18)31)19(22(32)34-2)16(9-10-36-23)38-24(33)25(35-3,26(27,28)29)14-7-5-4-6-8-14/h4-12,16,19,30H,1-3H3/t16-,19-,25+/m0/s1. The second kappa shape index (κ2) is 9.86. The first-order valence-electron chi connectivity index (χ1n) is 11.1. The van der Waals surface area contributed by atoms with E-state index < -0.39 is 64.0 Å². The van der Waals surface area contributed by atoms with Gasteiger partial charge in [-0.1, -0.05) is 30.3 Å². The maximum atomic E-state index is 14.4. The van der Waals surface area contributed by atoms with Crippen molar-refractivity contribution in [2.75, 3.05) is 14.2 Å². The Morgan fingerprint density at radius 3 is 2.37 bits per heavy atom. The lowest BCUT2D eigenvalue weighted by Gasteiger charge is -2.34. The molecule has 0 bridgehead atoms. The van der Waals surface area contributed by atoms with Gasteiger partial charge in [-0.3, -0.25) is 9.59 Å². The molecule has 200 valence electrons. The fraction of sp³-hybridized carbons (Fsp3) is 0.269. The van der Waals surface area contributed by atoms with E-state index in [-0.39, 0.29) is 11.0 Å². The summed E-state index contributed by atoms with van der Waals surface area (Å²) >= 11 is 0. The maximum Gasteiger partial charge on any atom is 0.432 e. The summed E-state index contributed by atoms with van der Waals surface area (Å²) in [6, 6.07) is 8.78. The van der Waals surface area contributed by atoms with Gasteiger partial charge in [0.25, 0.3) is 11.5 Å². The summed E-state index contributed by atoms with van der Waals surface area (Å²) in [5.74, 6) is -5.83. The number of rotatable bonds is 5. The zero-order chi connectivity index (χ0) is 27.8. The molecule has 1 aromatic heterocycles. The van der Waals surface area contributed by atoms with Gasteiger partial charge in [0.05, 0.1) is 18.9 Å². The van der Waals surface area contributed by atoms with Gasteiger partial charge < -0.3 is 28.5 Å². The number of hydrogen-bond acceptors (Lipinski definition) is 9. The number of halogens is 3. The zero-order valence-electron chi connectivity index (χ0n) is 20.2. The summed E-state index contributed by atoms with van der Waals surface area (Å²) in [7, 11) is 1.66. The highest BCUT2D eigenvalue weighted by atomic mass is 19.4. The summed E-state index contributed by atoms with van der Waals surface area (Å²) in [6.45, 7) is 1.63. The molecule has 4 rings (SSSR count). The fourth-order valence-corrected chi connectivity index (χ4v) is 4.32. The number of ether oxygens (including phenoxy) is 4. The molecule has 0 spiro atoms. The average Bonchev–Trinajstić information content (AvgIpc) is 3.03. The van der Waals surface area contributed by atoms with Gasteiger partial charge in [0.1, 0.15) is 28.7 Å². The van der Waals surface area contributed by atoms with E-state index in [0.29, 0.717) is 12.7 Å². The number of aryl methyl sites for hydroxylation is 1. The molecule has 1 aliphatic heterocycles. The van der Waals surface area contributed by atoms with Gasteiger partial charge >= 0.3 is 18.1 Å². The number of fused-ring (bicyclic) bond motifs is 2.